The highest BCUT2D eigenvalue weighted by Gasteiger charge is 2.38. The second-order valence-corrected chi connectivity index (χ2v) is 8.02. The first-order valence-corrected chi connectivity index (χ1v) is 11.0. The molecular weight excluding hydrogens is 450 g/mol. The number of fused-ring (bicyclic) bond motifs is 1. The summed E-state index contributed by atoms with van der Waals surface area (Å²) < 4.78 is 5.42. The van der Waals surface area contributed by atoms with Crippen LogP contribution in [0, 0.1) is 0 Å². The van der Waals surface area contributed by atoms with E-state index in [2.05, 4.69) is 35.5 Å². The molecule has 0 fully saturated rings. The molecule has 7 heteroatoms. The van der Waals surface area contributed by atoms with Crippen molar-refractivity contribution in [2.75, 3.05) is 12.4 Å². The third-order valence-corrected chi connectivity index (χ3v) is 6.24. The fraction of sp³-hybridized carbons (Fsp3) is 0.222. The van der Waals surface area contributed by atoms with Crippen molar-refractivity contribution in [2.24, 2.45) is 0 Å². The maximum Gasteiger partial charge on any atom is 0.255 e. The van der Waals surface area contributed by atoms with Crippen LogP contribution in [-0.2, 0) is 5.54 Å². The van der Waals surface area contributed by atoms with Crippen LogP contribution in [0.4, 0.5) is 5.69 Å². The van der Waals surface area contributed by atoms with Crippen LogP contribution in [0.15, 0.2) is 73.1 Å². The van der Waals surface area contributed by atoms with E-state index in [0.29, 0.717) is 16.8 Å². The number of nitrogens with one attached hydrogen (secondary N) is 2. The lowest BCUT2D eigenvalue weighted by atomic mass is 9.85. The number of anilines is 1. The predicted molar refractivity (Wildman–Crippen MR) is 137 cm³/mol. The van der Waals surface area contributed by atoms with Gasteiger partial charge in [-0.25, -0.2) is 0 Å². The number of pyridine rings is 1. The van der Waals surface area contributed by atoms with Crippen LogP contribution in [-0.4, -0.2) is 23.8 Å². The molecule has 0 aliphatic carbocycles. The summed E-state index contributed by atoms with van der Waals surface area (Å²) in [6.45, 7) is 4.29. The molecule has 0 saturated carbocycles. The number of halogens is 1. The van der Waals surface area contributed by atoms with Gasteiger partial charge >= 0.3 is 0 Å². The summed E-state index contributed by atoms with van der Waals surface area (Å²) in [6, 6.07) is 16.2. The van der Waals surface area contributed by atoms with Crippen molar-refractivity contribution in [3.63, 3.8) is 0 Å². The zero-order valence-corrected chi connectivity index (χ0v) is 20.2. The maximum atomic E-state index is 13.2. The number of allylic oxidation sites excluding steroid dienone is 1. The third-order valence-electron chi connectivity index (χ3n) is 6.24. The Morgan fingerprint density at radius 3 is 2.44 bits per heavy atom. The first-order chi connectivity index (χ1) is 16.0. The maximum absolute atomic E-state index is 13.2. The molecule has 176 valence electrons. The highest BCUT2D eigenvalue weighted by Crippen LogP contribution is 2.43. The van der Waals surface area contributed by atoms with Crippen molar-refractivity contribution < 1.29 is 14.3 Å². The van der Waals surface area contributed by atoms with Gasteiger partial charge < -0.3 is 15.4 Å². The molecule has 2 N–H and O–H groups in total. The minimum absolute atomic E-state index is 0. The monoisotopic (exact) mass is 477 g/mol. The summed E-state index contributed by atoms with van der Waals surface area (Å²) in [5.41, 5.74) is 4.27. The van der Waals surface area contributed by atoms with E-state index < -0.39 is 0 Å². The van der Waals surface area contributed by atoms with Crippen LogP contribution in [0.5, 0.6) is 5.75 Å². The third kappa shape index (κ3) is 4.82. The van der Waals surface area contributed by atoms with Gasteiger partial charge in [0, 0.05) is 46.5 Å². The molecule has 4 rings (SSSR count). The summed E-state index contributed by atoms with van der Waals surface area (Å²) in [7, 11) is 1.64. The standard InChI is InChI=1S/C27H27N3O3.ClH/c1-4-27(5-2)23-10-9-21(33-3)16-22(23)24(30-27)17-25(31)19-7-6-8-20(15-19)29-26(32)18-11-13-28-14-12-18;/h6-17,30H,4-5H2,1-3H3,(H,29,32);1H/b24-17-;. The number of carbonyl (C=O) groups is 2. The molecule has 0 radical (unpaired) electrons. The molecule has 0 bridgehead atoms. The van der Waals surface area contributed by atoms with Crippen LogP contribution in [0.1, 0.15) is 58.5 Å². The van der Waals surface area contributed by atoms with Crippen LogP contribution in [0.2, 0.25) is 0 Å². The molecule has 6 nitrogen and oxygen atoms in total. The Labute approximate surface area is 205 Å². The highest BCUT2D eigenvalue weighted by atomic mass is 35.5. The average molecular weight is 478 g/mol. The number of aromatic nitrogens is 1. The van der Waals surface area contributed by atoms with Gasteiger partial charge in [0.2, 0.25) is 0 Å². The van der Waals surface area contributed by atoms with Crippen LogP contribution in [0.25, 0.3) is 5.70 Å². The minimum atomic E-state index is -0.255. The van der Waals surface area contributed by atoms with E-state index in [-0.39, 0.29) is 29.6 Å². The van der Waals surface area contributed by atoms with E-state index in [4.69, 9.17) is 4.74 Å². The minimum Gasteiger partial charge on any atom is -0.497 e. The van der Waals surface area contributed by atoms with Gasteiger partial charge in [-0.1, -0.05) is 32.0 Å². The number of carbonyl (C=O) groups excluding carboxylic acids is 2. The lowest BCUT2D eigenvalue weighted by Gasteiger charge is -2.28. The second kappa shape index (κ2) is 10.5. The van der Waals surface area contributed by atoms with Gasteiger partial charge in [0.25, 0.3) is 5.91 Å². The SMILES string of the molecule is CCC1(CC)N/C(=C\C(=O)c2cccc(NC(=O)c3ccncc3)c2)c2cc(OC)ccc21.Cl. The van der Waals surface area contributed by atoms with Crippen LogP contribution in [0.3, 0.4) is 0 Å². The molecule has 2 aromatic carbocycles. The quantitative estimate of drug-likeness (QED) is 0.341. The number of methoxy groups -OCH3 is 1. The molecular formula is C27H28ClN3O3. The molecule has 1 aliphatic rings. The number of ether oxygens (including phenoxy) is 1. The Balaban J connectivity index is 0.00000324. The molecule has 1 aliphatic heterocycles. The molecule has 0 unspecified atom stereocenters. The van der Waals surface area contributed by atoms with Gasteiger partial charge in [-0.15, -0.1) is 12.4 Å². The van der Waals surface area contributed by atoms with Gasteiger partial charge in [-0.3, -0.25) is 14.6 Å². The van der Waals surface area contributed by atoms with Crippen LogP contribution < -0.4 is 15.4 Å². The number of nitrogens with zero attached hydrogens (tertiary/aromatic N) is 1. The molecule has 3 aromatic rings. The molecule has 1 amide bonds. The summed E-state index contributed by atoms with van der Waals surface area (Å²) >= 11 is 0. The van der Waals surface area contributed by atoms with Crippen molar-refractivity contribution in [1.82, 2.24) is 10.3 Å². The molecule has 2 heterocycles. The normalized spacial score (nSPS) is 14.5. The van der Waals surface area contributed by atoms with Gasteiger partial charge in [-0.2, -0.15) is 0 Å². The zero-order valence-electron chi connectivity index (χ0n) is 19.4. The number of rotatable bonds is 7. The lowest BCUT2D eigenvalue weighted by Crippen LogP contribution is -2.34. The first-order valence-electron chi connectivity index (χ1n) is 11.0. The Kier molecular flexibility index (Phi) is 7.74. The largest absolute Gasteiger partial charge is 0.497 e. The predicted octanol–water partition coefficient (Wildman–Crippen LogP) is 5.61. The summed E-state index contributed by atoms with van der Waals surface area (Å²) in [5.74, 6) is 0.349. The van der Waals surface area contributed by atoms with Crippen LogP contribution >= 0.6 is 12.4 Å². The molecule has 0 saturated heterocycles. The fourth-order valence-corrected chi connectivity index (χ4v) is 4.28. The van der Waals surface area contributed by atoms with Crippen molar-refractivity contribution in [2.45, 2.75) is 32.2 Å². The molecule has 34 heavy (non-hydrogen) atoms. The van der Waals surface area contributed by atoms with Crippen molar-refractivity contribution >= 4 is 35.5 Å². The Hall–Kier alpha value is -3.64. The summed E-state index contributed by atoms with van der Waals surface area (Å²) in [4.78, 5) is 29.6. The Morgan fingerprint density at radius 2 is 1.76 bits per heavy atom. The molecule has 0 atom stereocenters. The average Bonchev–Trinajstić information content (AvgIpc) is 3.17. The summed E-state index contributed by atoms with van der Waals surface area (Å²) in [5, 5.41) is 6.44. The number of amides is 1. The zero-order chi connectivity index (χ0) is 23.4. The van der Waals surface area contributed by atoms with E-state index in [0.717, 1.165) is 29.9 Å². The van der Waals surface area contributed by atoms with E-state index in [1.54, 1.807) is 62.0 Å². The lowest BCUT2D eigenvalue weighted by molar-refractivity contribution is 0.102. The summed E-state index contributed by atoms with van der Waals surface area (Å²) in [6.07, 6.45) is 6.55. The highest BCUT2D eigenvalue weighted by molar-refractivity contribution is 6.10. The number of hydrogen-bond donors (Lipinski definition) is 2. The molecule has 1 aromatic heterocycles. The fourth-order valence-electron chi connectivity index (χ4n) is 4.28. The van der Waals surface area contributed by atoms with Crippen molar-refractivity contribution in [1.29, 1.82) is 0 Å². The smallest absolute Gasteiger partial charge is 0.255 e. The Bertz CT molecular complexity index is 1220. The van der Waals surface area contributed by atoms with Gasteiger partial charge in [0.05, 0.1) is 12.6 Å². The van der Waals surface area contributed by atoms with E-state index in [1.807, 2.05) is 12.1 Å². The van der Waals surface area contributed by atoms with Gasteiger partial charge in [-0.05, 0) is 54.8 Å². The van der Waals surface area contributed by atoms with Gasteiger partial charge in [0.1, 0.15) is 5.75 Å². The Morgan fingerprint density at radius 1 is 1.03 bits per heavy atom. The number of benzene rings is 2. The first kappa shape index (κ1) is 25.0. The number of hydrogen-bond acceptors (Lipinski definition) is 5. The van der Waals surface area contributed by atoms with Crippen molar-refractivity contribution in [3.8, 4) is 5.75 Å². The van der Waals surface area contributed by atoms with E-state index in [9.17, 15) is 9.59 Å². The van der Waals surface area contributed by atoms with Gasteiger partial charge in [0.15, 0.2) is 5.78 Å². The molecule has 0 spiro atoms. The number of ketones is 1. The van der Waals surface area contributed by atoms with E-state index in [1.165, 1.54) is 5.56 Å². The second-order valence-electron chi connectivity index (χ2n) is 8.02. The topological polar surface area (TPSA) is 80.3 Å². The van der Waals surface area contributed by atoms with Crippen molar-refractivity contribution in [3.05, 3.63) is 95.3 Å². The van der Waals surface area contributed by atoms with E-state index >= 15 is 0 Å².